The Hall–Kier alpha value is -4.20. The monoisotopic (exact) mass is 483 g/mol. The molecule has 2 atom stereocenters. The number of fused-ring (bicyclic) bond motifs is 1. The molecule has 2 aromatic heterocycles. The third-order valence-electron chi connectivity index (χ3n) is 5.10. The van der Waals surface area contributed by atoms with E-state index in [-0.39, 0.29) is 21.8 Å². The summed E-state index contributed by atoms with van der Waals surface area (Å²) in [7, 11) is 0. The van der Waals surface area contributed by atoms with Gasteiger partial charge in [0, 0.05) is 18.2 Å². The van der Waals surface area contributed by atoms with Crippen molar-refractivity contribution >= 4 is 39.0 Å². The minimum Gasteiger partial charge on any atom is -0.394 e. The number of nitrogens with one attached hydrogen (secondary N) is 2. The summed E-state index contributed by atoms with van der Waals surface area (Å²) < 4.78 is 0. The molecule has 1 amide bonds. The topological polar surface area (TPSA) is 185 Å². The van der Waals surface area contributed by atoms with Crippen LogP contribution in [0.2, 0.25) is 0 Å². The van der Waals surface area contributed by atoms with Gasteiger partial charge in [0.25, 0.3) is 11.6 Å². The number of amides is 1. The van der Waals surface area contributed by atoms with Gasteiger partial charge in [-0.15, -0.1) is 0 Å². The predicted molar refractivity (Wildman–Crippen MR) is 122 cm³/mol. The molecule has 4 N–H and O–H groups in total. The van der Waals surface area contributed by atoms with Crippen molar-refractivity contribution in [2.45, 2.75) is 12.1 Å². The van der Waals surface area contributed by atoms with E-state index < -0.39 is 34.5 Å². The Labute approximate surface area is 194 Å². The molecule has 4 rings (SSSR count). The van der Waals surface area contributed by atoms with Crippen molar-refractivity contribution in [3.63, 3.8) is 0 Å². The molecule has 0 bridgehead atoms. The van der Waals surface area contributed by atoms with E-state index in [4.69, 9.17) is 0 Å². The van der Waals surface area contributed by atoms with Crippen LogP contribution >= 0.6 is 11.3 Å². The van der Waals surface area contributed by atoms with E-state index >= 15 is 0 Å². The van der Waals surface area contributed by atoms with Crippen molar-refractivity contribution in [1.29, 1.82) is 0 Å². The number of aromatic nitrogens is 2. The number of non-ortho nitro benzene ring substituents is 1. The number of rotatable bonds is 8. The third kappa shape index (κ3) is 4.47. The number of carbonyl (C=O) groups excluding carboxylic acids is 1. The zero-order valence-electron chi connectivity index (χ0n) is 17.2. The van der Waals surface area contributed by atoms with E-state index in [0.29, 0.717) is 21.7 Å². The van der Waals surface area contributed by atoms with E-state index in [0.717, 1.165) is 11.3 Å². The highest BCUT2D eigenvalue weighted by Crippen LogP contribution is 2.32. The van der Waals surface area contributed by atoms with Crippen LogP contribution < -0.4 is 5.32 Å². The van der Waals surface area contributed by atoms with Gasteiger partial charge < -0.3 is 20.5 Å². The normalized spacial score (nSPS) is 12.9. The number of aromatic amines is 1. The van der Waals surface area contributed by atoms with Crippen molar-refractivity contribution in [1.82, 2.24) is 15.3 Å². The summed E-state index contributed by atoms with van der Waals surface area (Å²) in [4.78, 5) is 41.7. The molecule has 0 aliphatic carbocycles. The van der Waals surface area contributed by atoms with Gasteiger partial charge in [-0.25, -0.2) is 4.98 Å². The van der Waals surface area contributed by atoms with Crippen LogP contribution in [-0.4, -0.2) is 48.6 Å². The van der Waals surface area contributed by atoms with Gasteiger partial charge in [0.05, 0.1) is 38.5 Å². The van der Waals surface area contributed by atoms with Crippen molar-refractivity contribution in [3.8, 4) is 10.7 Å². The van der Waals surface area contributed by atoms with E-state index in [9.17, 15) is 35.2 Å². The Morgan fingerprint density at radius 1 is 1.09 bits per heavy atom. The predicted octanol–water partition coefficient (Wildman–Crippen LogP) is 2.93. The molecule has 2 unspecified atom stereocenters. The van der Waals surface area contributed by atoms with Gasteiger partial charge in [-0.3, -0.25) is 25.0 Å². The summed E-state index contributed by atoms with van der Waals surface area (Å²) in [6.07, 6.45) is -1.32. The molecule has 34 heavy (non-hydrogen) atoms. The molecule has 0 saturated heterocycles. The van der Waals surface area contributed by atoms with Gasteiger partial charge in [0.1, 0.15) is 17.4 Å². The fourth-order valence-corrected chi connectivity index (χ4v) is 4.15. The molecule has 12 nitrogen and oxygen atoms in total. The van der Waals surface area contributed by atoms with Crippen LogP contribution in [0.3, 0.4) is 0 Å². The number of thiophene rings is 1. The zero-order valence-corrected chi connectivity index (χ0v) is 18.1. The zero-order chi connectivity index (χ0) is 24.4. The second-order valence-corrected chi connectivity index (χ2v) is 8.30. The second-order valence-electron chi connectivity index (χ2n) is 7.24. The van der Waals surface area contributed by atoms with Crippen LogP contribution in [0.15, 0.2) is 54.6 Å². The molecule has 13 heteroatoms. The number of carbonyl (C=O) groups is 1. The quantitative estimate of drug-likeness (QED) is 0.218. The number of para-hydroxylation sites is 1. The maximum Gasteiger partial charge on any atom is 0.324 e. The minimum absolute atomic E-state index is 0.0422. The van der Waals surface area contributed by atoms with Crippen molar-refractivity contribution in [2.75, 3.05) is 6.61 Å². The van der Waals surface area contributed by atoms with Crippen LogP contribution in [0.4, 0.5) is 10.7 Å². The van der Waals surface area contributed by atoms with Crippen LogP contribution in [-0.2, 0) is 0 Å². The smallest absolute Gasteiger partial charge is 0.324 e. The first-order chi connectivity index (χ1) is 16.3. The Bertz CT molecular complexity index is 1380. The van der Waals surface area contributed by atoms with Gasteiger partial charge in [0.2, 0.25) is 0 Å². The summed E-state index contributed by atoms with van der Waals surface area (Å²) in [5, 5.41) is 44.6. The summed E-state index contributed by atoms with van der Waals surface area (Å²) >= 11 is 0.940. The number of nitrogens with zero attached hydrogens (tertiary/aromatic N) is 3. The minimum atomic E-state index is -1.32. The van der Waals surface area contributed by atoms with Crippen LogP contribution in [0.25, 0.3) is 21.7 Å². The largest absolute Gasteiger partial charge is 0.394 e. The van der Waals surface area contributed by atoms with Gasteiger partial charge in [-0.05, 0) is 35.9 Å². The molecule has 0 radical (unpaired) electrons. The molecule has 4 aromatic rings. The fraction of sp³-hybridized carbons (Fsp3) is 0.143. The molecule has 0 aliphatic heterocycles. The first-order valence-electron chi connectivity index (χ1n) is 9.86. The Balaban J connectivity index is 1.58. The molecule has 0 fully saturated rings. The van der Waals surface area contributed by atoms with E-state index in [1.807, 2.05) is 0 Å². The average molecular weight is 483 g/mol. The number of aliphatic hydroxyl groups is 2. The highest BCUT2D eigenvalue weighted by Gasteiger charge is 2.25. The first kappa shape index (κ1) is 23.0. The lowest BCUT2D eigenvalue weighted by Gasteiger charge is -2.22. The number of hydrogen-bond acceptors (Lipinski definition) is 9. The van der Waals surface area contributed by atoms with E-state index in [2.05, 4.69) is 15.3 Å². The molecule has 2 heterocycles. The molecule has 2 aromatic carbocycles. The number of benzene rings is 2. The number of aliphatic hydroxyl groups excluding tert-OH is 2. The molecule has 0 aliphatic rings. The average Bonchev–Trinajstić information content (AvgIpc) is 3.49. The molecular weight excluding hydrogens is 466 g/mol. The summed E-state index contributed by atoms with van der Waals surface area (Å²) in [5.74, 6) is -0.251. The van der Waals surface area contributed by atoms with Gasteiger partial charge in [-0.1, -0.05) is 17.4 Å². The SMILES string of the molecule is O=C(NC(CO)C(O)c1ccc([N+](=O)[O-])cc1)c1cccc2[nH]c(-c3ccc([N+](=O)[O-])s3)nc12. The maximum atomic E-state index is 13.0. The van der Waals surface area contributed by atoms with E-state index in [1.54, 1.807) is 18.2 Å². The molecule has 174 valence electrons. The molecule has 0 saturated carbocycles. The lowest BCUT2D eigenvalue weighted by molar-refractivity contribution is -0.384. The van der Waals surface area contributed by atoms with Gasteiger partial charge in [-0.2, -0.15) is 0 Å². The Morgan fingerprint density at radius 2 is 1.82 bits per heavy atom. The number of nitro benzene ring substituents is 1. The summed E-state index contributed by atoms with van der Waals surface area (Å²) in [6.45, 7) is -0.593. The highest BCUT2D eigenvalue weighted by atomic mass is 32.1. The number of H-pyrrole nitrogens is 1. The lowest BCUT2D eigenvalue weighted by atomic mass is 10.0. The number of hydrogen-bond donors (Lipinski definition) is 4. The molecule has 0 spiro atoms. The van der Waals surface area contributed by atoms with Crippen molar-refractivity contribution in [3.05, 3.63) is 86.0 Å². The summed E-state index contributed by atoms with van der Waals surface area (Å²) in [5.41, 5.74) is 1.13. The highest BCUT2D eigenvalue weighted by molar-refractivity contribution is 7.18. The second kappa shape index (κ2) is 9.35. The van der Waals surface area contributed by atoms with Gasteiger partial charge >= 0.3 is 5.00 Å². The molecular formula is C21H17N5O7S. The van der Waals surface area contributed by atoms with Crippen molar-refractivity contribution < 1.29 is 24.9 Å². The number of nitro groups is 2. The van der Waals surface area contributed by atoms with Crippen LogP contribution in [0, 0.1) is 20.2 Å². The van der Waals surface area contributed by atoms with Crippen molar-refractivity contribution in [2.24, 2.45) is 0 Å². The van der Waals surface area contributed by atoms with Crippen LogP contribution in [0.1, 0.15) is 22.0 Å². The standard InChI is InChI=1S/C21H17N5O7S/c27-10-15(19(28)11-4-6-12(7-5-11)25(30)31)23-21(29)13-2-1-3-14-18(13)24-20(22-14)16-8-9-17(34-16)26(32)33/h1-9,15,19,27-28H,10H2,(H,22,24)(H,23,29). The number of imidazole rings is 1. The summed E-state index contributed by atoms with van der Waals surface area (Å²) in [6, 6.07) is 11.8. The fourth-order valence-electron chi connectivity index (χ4n) is 3.38. The lowest BCUT2D eigenvalue weighted by Crippen LogP contribution is -2.42. The Kier molecular flexibility index (Phi) is 6.32. The third-order valence-corrected chi connectivity index (χ3v) is 6.15. The van der Waals surface area contributed by atoms with E-state index in [1.165, 1.54) is 36.4 Å². The maximum absolute atomic E-state index is 13.0. The van der Waals surface area contributed by atoms with Gasteiger partial charge in [0.15, 0.2) is 0 Å². The Morgan fingerprint density at radius 3 is 2.44 bits per heavy atom. The van der Waals surface area contributed by atoms with Crippen LogP contribution in [0.5, 0.6) is 0 Å². The first-order valence-corrected chi connectivity index (χ1v) is 10.7.